The molecule has 0 atom stereocenters. The number of hydrogen-bond acceptors (Lipinski definition) is 7. The van der Waals surface area contributed by atoms with Crippen LogP contribution in [0.4, 0.5) is 5.69 Å². The second-order valence-corrected chi connectivity index (χ2v) is 5.44. The van der Waals surface area contributed by atoms with Crippen LogP contribution in [-0.4, -0.2) is 61.9 Å². The number of amides is 1. The Bertz CT molecular complexity index is 701. The number of β-amino-alcohol motifs (C(OH)–C–C–N with tert-alkyl or cyclic N) is 1. The molecule has 1 aliphatic heterocycles. The van der Waals surface area contributed by atoms with E-state index in [2.05, 4.69) is 5.32 Å². The minimum Gasteiger partial charge on any atom is -0.494 e. The van der Waals surface area contributed by atoms with Crippen LogP contribution in [0.1, 0.15) is 13.8 Å². The molecule has 0 saturated heterocycles. The number of hydrogen-bond donors (Lipinski definition) is 2. The van der Waals surface area contributed by atoms with Crippen molar-refractivity contribution in [1.82, 2.24) is 4.90 Å². The highest BCUT2D eigenvalue weighted by molar-refractivity contribution is 6.08. The fraction of sp³-hybridized carbons (Fsp3) is 0.444. The van der Waals surface area contributed by atoms with Crippen LogP contribution in [0.25, 0.3) is 0 Å². The Labute approximate surface area is 152 Å². The molecule has 1 heterocycles. The zero-order valence-electron chi connectivity index (χ0n) is 15.2. The van der Waals surface area contributed by atoms with Gasteiger partial charge in [0, 0.05) is 12.6 Å². The number of aliphatic hydroxyl groups is 1. The van der Waals surface area contributed by atoms with Gasteiger partial charge >= 0.3 is 5.97 Å². The summed E-state index contributed by atoms with van der Waals surface area (Å²) in [6.45, 7) is 4.66. The van der Waals surface area contributed by atoms with Crippen LogP contribution in [0.2, 0.25) is 0 Å². The molecule has 0 spiro atoms. The van der Waals surface area contributed by atoms with Gasteiger partial charge in [0.1, 0.15) is 17.2 Å². The van der Waals surface area contributed by atoms with Crippen molar-refractivity contribution in [2.24, 2.45) is 0 Å². The summed E-state index contributed by atoms with van der Waals surface area (Å²) in [6, 6.07) is 5.21. The lowest BCUT2D eigenvalue weighted by molar-refractivity contribution is -0.136. The van der Waals surface area contributed by atoms with Gasteiger partial charge in [0.15, 0.2) is 0 Å². The average molecular weight is 364 g/mol. The molecule has 0 aliphatic carbocycles. The maximum absolute atomic E-state index is 12.6. The quantitative estimate of drug-likeness (QED) is 0.635. The van der Waals surface area contributed by atoms with Gasteiger partial charge in [0.05, 0.1) is 44.7 Å². The number of benzene rings is 1. The number of carbonyl (C=O) groups excluding carboxylic acids is 2. The third-order valence-corrected chi connectivity index (χ3v) is 3.78. The minimum atomic E-state index is -0.597. The summed E-state index contributed by atoms with van der Waals surface area (Å²) >= 11 is 0. The molecule has 1 aliphatic rings. The summed E-state index contributed by atoms with van der Waals surface area (Å²) < 4.78 is 15.9. The lowest BCUT2D eigenvalue weighted by Crippen LogP contribution is -2.31. The highest BCUT2D eigenvalue weighted by Crippen LogP contribution is 2.32. The summed E-state index contributed by atoms with van der Waals surface area (Å²) in [5.74, 6) is 0.154. The topological polar surface area (TPSA) is 97.3 Å². The van der Waals surface area contributed by atoms with Crippen LogP contribution in [0.5, 0.6) is 11.5 Å². The first kappa shape index (κ1) is 19.6. The van der Waals surface area contributed by atoms with Crippen molar-refractivity contribution in [3.8, 4) is 11.5 Å². The van der Waals surface area contributed by atoms with Gasteiger partial charge in [-0.25, -0.2) is 4.79 Å². The number of carbonyl (C=O) groups is 2. The largest absolute Gasteiger partial charge is 0.494 e. The van der Waals surface area contributed by atoms with Crippen molar-refractivity contribution in [2.45, 2.75) is 13.8 Å². The van der Waals surface area contributed by atoms with E-state index in [1.807, 2.05) is 13.8 Å². The number of nitrogens with zero attached hydrogens (tertiary/aromatic N) is 1. The molecule has 26 heavy (non-hydrogen) atoms. The Kier molecular flexibility index (Phi) is 6.85. The van der Waals surface area contributed by atoms with Crippen LogP contribution < -0.4 is 14.8 Å². The summed E-state index contributed by atoms with van der Waals surface area (Å²) in [6.07, 6.45) is 0. The van der Waals surface area contributed by atoms with Gasteiger partial charge in [-0.2, -0.15) is 0 Å². The van der Waals surface area contributed by atoms with E-state index in [1.54, 1.807) is 18.2 Å². The lowest BCUT2D eigenvalue weighted by atomic mass is 10.2. The SMILES string of the molecule is CCOc1ccc(OCC)c(NC2=C(C(=O)OC)CN(CCO)C2=O)c1. The fourth-order valence-corrected chi connectivity index (χ4v) is 2.63. The first-order valence-electron chi connectivity index (χ1n) is 8.43. The van der Waals surface area contributed by atoms with E-state index in [4.69, 9.17) is 19.3 Å². The van der Waals surface area contributed by atoms with E-state index in [-0.39, 0.29) is 36.9 Å². The van der Waals surface area contributed by atoms with Gasteiger partial charge in [-0.15, -0.1) is 0 Å². The number of methoxy groups -OCH3 is 1. The van der Waals surface area contributed by atoms with Gasteiger partial charge in [-0.3, -0.25) is 4.79 Å². The number of aliphatic hydroxyl groups excluding tert-OH is 1. The molecule has 2 N–H and O–H groups in total. The second-order valence-electron chi connectivity index (χ2n) is 5.44. The van der Waals surface area contributed by atoms with E-state index in [0.29, 0.717) is 30.4 Å². The van der Waals surface area contributed by atoms with Crippen molar-refractivity contribution in [3.63, 3.8) is 0 Å². The molecule has 8 heteroatoms. The third-order valence-electron chi connectivity index (χ3n) is 3.78. The van der Waals surface area contributed by atoms with Gasteiger partial charge < -0.3 is 29.5 Å². The van der Waals surface area contributed by atoms with E-state index >= 15 is 0 Å². The van der Waals surface area contributed by atoms with Crippen molar-refractivity contribution < 1.29 is 28.9 Å². The van der Waals surface area contributed by atoms with Crippen molar-refractivity contribution in [2.75, 3.05) is 45.3 Å². The molecule has 0 saturated carbocycles. The third kappa shape index (κ3) is 4.26. The fourth-order valence-electron chi connectivity index (χ4n) is 2.63. The Morgan fingerprint density at radius 3 is 2.62 bits per heavy atom. The number of anilines is 1. The highest BCUT2D eigenvalue weighted by Gasteiger charge is 2.34. The second kappa shape index (κ2) is 9.10. The first-order chi connectivity index (χ1) is 12.5. The van der Waals surface area contributed by atoms with Crippen LogP contribution in [0.15, 0.2) is 29.5 Å². The monoisotopic (exact) mass is 364 g/mol. The van der Waals surface area contributed by atoms with Gasteiger partial charge in [-0.05, 0) is 26.0 Å². The molecule has 0 fully saturated rings. The molecular weight excluding hydrogens is 340 g/mol. The smallest absolute Gasteiger partial charge is 0.337 e. The Morgan fingerprint density at radius 2 is 2.00 bits per heavy atom. The zero-order valence-corrected chi connectivity index (χ0v) is 15.2. The number of ether oxygens (including phenoxy) is 3. The normalized spacial score (nSPS) is 13.8. The maximum Gasteiger partial charge on any atom is 0.337 e. The van der Waals surface area contributed by atoms with Gasteiger partial charge in [-0.1, -0.05) is 0 Å². The Hall–Kier alpha value is -2.74. The summed E-state index contributed by atoms with van der Waals surface area (Å²) in [4.78, 5) is 26.1. The standard InChI is InChI=1S/C18H24N2O6/c1-4-25-12-6-7-15(26-5-2)14(10-12)19-16-13(18(23)24-3)11-20(8-9-21)17(16)22/h6-7,10,19,21H,4-5,8-9,11H2,1-3H3. The first-order valence-corrected chi connectivity index (χ1v) is 8.43. The van der Waals surface area contributed by atoms with Crippen molar-refractivity contribution in [3.05, 3.63) is 29.5 Å². The van der Waals surface area contributed by atoms with E-state index in [0.717, 1.165) is 0 Å². The van der Waals surface area contributed by atoms with E-state index in [1.165, 1.54) is 12.0 Å². The molecule has 0 radical (unpaired) electrons. The van der Waals surface area contributed by atoms with Crippen LogP contribution in [0, 0.1) is 0 Å². The number of rotatable bonds is 9. The molecule has 1 amide bonds. The Balaban J connectivity index is 2.40. The molecule has 8 nitrogen and oxygen atoms in total. The summed E-state index contributed by atoms with van der Waals surface area (Å²) in [7, 11) is 1.26. The van der Waals surface area contributed by atoms with Gasteiger partial charge in [0.2, 0.25) is 0 Å². The number of esters is 1. The molecule has 1 aromatic carbocycles. The Morgan fingerprint density at radius 1 is 1.27 bits per heavy atom. The minimum absolute atomic E-state index is 0.0729. The molecular formula is C18H24N2O6. The molecule has 0 unspecified atom stereocenters. The van der Waals surface area contributed by atoms with Crippen LogP contribution in [0.3, 0.4) is 0 Å². The maximum atomic E-state index is 12.6. The molecule has 142 valence electrons. The van der Waals surface area contributed by atoms with Gasteiger partial charge in [0.25, 0.3) is 5.91 Å². The predicted molar refractivity (Wildman–Crippen MR) is 95.1 cm³/mol. The van der Waals surface area contributed by atoms with Crippen LogP contribution in [-0.2, 0) is 14.3 Å². The lowest BCUT2D eigenvalue weighted by Gasteiger charge is -2.17. The summed E-state index contributed by atoms with van der Waals surface area (Å²) in [5.41, 5.74) is 0.823. The van der Waals surface area contributed by atoms with E-state index < -0.39 is 5.97 Å². The van der Waals surface area contributed by atoms with Crippen LogP contribution >= 0.6 is 0 Å². The van der Waals surface area contributed by atoms with Crippen molar-refractivity contribution >= 4 is 17.6 Å². The summed E-state index contributed by atoms with van der Waals surface area (Å²) in [5, 5.41) is 12.1. The number of nitrogens with one attached hydrogen (secondary N) is 1. The molecule has 0 bridgehead atoms. The van der Waals surface area contributed by atoms with E-state index in [9.17, 15) is 9.59 Å². The predicted octanol–water partition coefficient (Wildman–Crippen LogP) is 1.16. The molecule has 0 aromatic heterocycles. The zero-order chi connectivity index (χ0) is 19.1. The highest BCUT2D eigenvalue weighted by atomic mass is 16.5. The molecule has 2 rings (SSSR count). The average Bonchev–Trinajstić information content (AvgIpc) is 2.93. The molecule has 1 aromatic rings. The van der Waals surface area contributed by atoms with Crippen molar-refractivity contribution in [1.29, 1.82) is 0 Å².